The number of anilines is 1. The molecule has 0 saturated heterocycles. The summed E-state index contributed by atoms with van der Waals surface area (Å²) in [5.41, 5.74) is 1.30. The monoisotopic (exact) mass is 450 g/mol. The molecule has 1 heterocycles. The average molecular weight is 450 g/mol. The van der Waals surface area contributed by atoms with Crippen molar-refractivity contribution in [2.45, 2.75) is 20.8 Å². The molecule has 0 saturated carbocycles. The van der Waals surface area contributed by atoms with Crippen LogP contribution in [0.3, 0.4) is 0 Å². The van der Waals surface area contributed by atoms with Crippen molar-refractivity contribution >= 4 is 23.8 Å². The second-order valence-corrected chi connectivity index (χ2v) is 6.90. The summed E-state index contributed by atoms with van der Waals surface area (Å²) in [5, 5.41) is 7.17. The molecule has 0 atom stereocenters. The molecule has 3 rings (SSSR count). The first-order chi connectivity index (χ1) is 16.0. The van der Waals surface area contributed by atoms with Gasteiger partial charge in [0.15, 0.2) is 0 Å². The van der Waals surface area contributed by atoms with Crippen LogP contribution in [0.1, 0.15) is 41.5 Å². The lowest BCUT2D eigenvalue weighted by Gasteiger charge is -2.19. The van der Waals surface area contributed by atoms with Crippen LogP contribution in [0, 0.1) is 0 Å². The van der Waals surface area contributed by atoms with Crippen LogP contribution in [0.4, 0.5) is 10.6 Å². The molecule has 9 heteroatoms. The molecule has 2 aromatic carbocycles. The zero-order valence-corrected chi connectivity index (χ0v) is 18.8. The van der Waals surface area contributed by atoms with E-state index in [0.717, 1.165) is 0 Å². The Kier molecular flexibility index (Phi) is 7.80. The summed E-state index contributed by atoms with van der Waals surface area (Å²) in [6, 6.07) is 15.2. The van der Waals surface area contributed by atoms with Gasteiger partial charge in [0.25, 0.3) is 11.8 Å². The predicted molar refractivity (Wildman–Crippen MR) is 123 cm³/mol. The van der Waals surface area contributed by atoms with Crippen molar-refractivity contribution in [2.75, 3.05) is 25.0 Å². The van der Waals surface area contributed by atoms with Gasteiger partial charge >= 0.3 is 6.16 Å². The Morgan fingerprint density at radius 2 is 1.64 bits per heavy atom. The third kappa shape index (κ3) is 5.57. The fraction of sp³-hybridized carbons (Fsp3) is 0.250. The van der Waals surface area contributed by atoms with Gasteiger partial charge in [-0.1, -0.05) is 18.2 Å². The van der Waals surface area contributed by atoms with E-state index in [1.165, 1.54) is 35.1 Å². The second kappa shape index (κ2) is 10.9. The standard InChI is InChI=1S/C24H26N4O5/c1-4-27(5-2)23(30)20-16-25-28(18-10-8-7-9-11-18)21(20)26-22(29)17-12-14-19(15-13-17)33-24(31)32-6-3/h7-16H,4-6H2,1-3H3,(H,26,29). The highest BCUT2D eigenvalue weighted by Crippen LogP contribution is 2.23. The van der Waals surface area contributed by atoms with Gasteiger partial charge < -0.3 is 19.7 Å². The molecule has 9 nitrogen and oxygen atoms in total. The number of aromatic nitrogens is 2. The van der Waals surface area contributed by atoms with Crippen LogP contribution in [-0.2, 0) is 4.74 Å². The number of carbonyl (C=O) groups excluding carboxylic acids is 3. The number of hydrogen-bond donors (Lipinski definition) is 1. The fourth-order valence-corrected chi connectivity index (χ4v) is 3.17. The van der Waals surface area contributed by atoms with E-state index in [1.54, 1.807) is 11.8 Å². The van der Waals surface area contributed by atoms with Gasteiger partial charge in [0.1, 0.15) is 17.1 Å². The number of hydrogen-bond acceptors (Lipinski definition) is 6. The molecule has 172 valence electrons. The normalized spacial score (nSPS) is 10.4. The summed E-state index contributed by atoms with van der Waals surface area (Å²) in [5.74, 6) is -0.147. The highest BCUT2D eigenvalue weighted by atomic mass is 16.7. The van der Waals surface area contributed by atoms with Crippen molar-refractivity contribution in [2.24, 2.45) is 0 Å². The number of nitrogens with zero attached hydrogens (tertiary/aromatic N) is 3. The van der Waals surface area contributed by atoms with Gasteiger partial charge in [0, 0.05) is 18.7 Å². The first-order valence-electron chi connectivity index (χ1n) is 10.7. The van der Waals surface area contributed by atoms with E-state index < -0.39 is 12.1 Å². The third-order valence-electron chi connectivity index (χ3n) is 4.86. The lowest BCUT2D eigenvalue weighted by molar-refractivity contribution is 0.0773. The van der Waals surface area contributed by atoms with Crippen molar-refractivity contribution in [3.63, 3.8) is 0 Å². The molecule has 2 amide bonds. The van der Waals surface area contributed by atoms with Gasteiger partial charge in [-0.15, -0.1) is 0 Å². The van der Waals surface area contributed by atoms with E-state index in [9.17, 15) is 14.4 Å². The molecule has 0 fully saturated rings. The summed E-state index contributed by atoms with van der Waals surface area (Å²) < 4.78 is 11.3. The minimum atomic E-state index is -0.818. The van der Waals surface area contributed by atoms with Crippen LogP contribution >= 0.6 is 0 Å². The first kappa shape index (κ1) is 23.5. The highest BCUT2D eigenvalue weighted by Gasteiger charge is 2.24. The maximum Gasteiger partial charge on any atom is 0.513 e. The lowest BCUT2D eigenvalue weighted by atomic mass is 10.2. The van der Waals surface area contributed by atoms with Crippen LogP contribution in [0.15, 0.2) is 60.8 Å². The Morgan fingerprint density at radius 3 is 2.24 bits per heavy atom. The quantitative estimate of drug-likeness (QED) is 0.409. The Balaban J connectivity index is 1.89. The van der Waals surface area contributed by atoms with E-state index in [2.05, 4.69) is 10.4 Å². The van der Waals surface area contributed by atoms with Crippen molar-refractivity contribution in [1.82, 2.24) is 14.7 Å². The maximum absolute atomic E-state index is 13.1. The molecule has 0 radical (unpaired) electrons. The molecule has 0 unspecified atom stereocenters. The predicted octanol–water partition coefficient (Wildman–Crippen LogP) is 4.14. The van der Waals surface area contributed by atoms with Gasteiger partial charge in [-0.05, 0) is 57.2 Å². The molecular formula is C24H26N4O5. The average Bonchev–Trinajstić information content (AvgIpc) is 3.24. The highest BCUT2D eigenvalue weighted by molar-refractivity contribution is 6.08. The van der Waals surface area contributed by atoms with Crippen molar-refractivity contribution in [3.05, 3.63) is 71.9 Å². The van der Waals surface area contributed by atoms with Gasteiger partial charge in [-0.25, -0.2) is 9.48 Å². The number of rotatable bonds is 8. The van der Waals surface area contributed by atoms with Crippen LogP contribution in [0.25, 0.3) is 5.69 Å². The first-order valence-corrected chi connectivity index (χ1v) is 10.7. The Labute approximate surface area is 191 Å². The Hall–Kier alpha value is -4.14. The van der Waals surface area contributed by atoms with Crippen molar-refractivity contribution < 1.29 is 23.9 Å². The second-order valence-electron chi connectivity index (χ2n) is 6.90. The van der Waals surface area contributed by atoms with E-state index in [4.69, 9.17) is 9.47 Å². The van der Waals surface area contributed by atoms with Crippen LogP contribution in [0.5, 0.6) is 5.75 Å². The Bertz CT molecular complexity index is 1110. The molecule has 0 bridgehead atoms. The van der Waals surface area contributed by atoms with Gasteiger partial charge in [0.2, 0.25) is 0 Å². The fourth-order valence-electron chi connectivity index (χ4n) is 3.17. The van der Waals surface area contributed by atoms with E-state index in [-0.39, 0.29) is 29.6 Å². The van der Waals surface area contributed by atoms with E-state index in [1.807, 2.05) is 44.2 Å². The van der Waals surface area contributed by atoms with Gasteiger partial charge in [-0.3, -0.25) is 9.59 Å². The summed E-state index contributed by atoms with van der Waals surface area (Å²) in [6.45, 7) is 6.71. The number of benzene rings is 2. The van der Waals surface area contributed by atoms with Crippen LogP contribution < -0.4 is 10.1 Å². The molecular weight excluding hydrogens is 424 g/mol. The SMILES string of the molecule is CCOC(=O)Oc1ccc(C(=O)Nc2c(C(=O)N(CC)CC)cnn2-c2ccccc2)cc1. The number of para-hydroxylation sites is 1. The van der Waals surface area contributed by atoms with Crippen molar-refractivity contribution in [3.8, 4) is 11.4 Å². The van der Waals surface area contributed by atoms with Gasteiger partial charge in [-0.2, -0.15) is 5.10 Å². The zero-order valence-electron chi connectivity index (χ0n) is 18.8. The van der Waals surface area contributed by atoms with Crippen LogP contribution in [-0.4, -0.2) is 52.3 Å². The summed E-state index contributed by atoms with van der Waals surface area (Å²) >= 11 is 0. The molecule has 1 N–H and O–H groups in total. The molecule has 0 aliphatic heterocycles. The number of amides is 2. The summed E-state index contributed by atoms with van der Waals surface area (Å²) in [6.07, 6.45) is 0.639. The third-order valence-corrected chi connectivity index (χ3v) is 4.86. The molecule has 1 aromatic heterocycles. The number of nitrogens with one attached hydrogen (secondary N) is 1. The molecule has 3 aromatic rings. The maximum atomic E-state index is 13.1. The smallest absolute Gasteiger partial charge is 0.434 e. The molecule has 0 aliphatic carbocycles. The number of ether oxygens (including phenoxy) is 2. The summed E-state index contributed by atoms with van der Waals surface area (Å²) in [7, 11) is 0. The minimum absolute atomic E-state index is 0.197. The zero-order chi connectivity index (χ0) is 23.8. The Morgan fingerprint density at radius 1 is 0.970 bits per heavy atom. The minimum Gasteiger partial charge on any atom is -0.434 e. The molecule has 0 aliphatic rings. The molecule has 33 heavy (non-hydrogen) atoms. The molecule has 0 spiro atoms. The van der Waals surface area contributed by atoms with Gasteiger partial charge in [0.05, 0.1) is 18.5 Å². The summed E-state index contributed by atoms with van der Waals surface area (Å²) in [4.78, 5) is 39.2. The largest absolute Gasteiger partial charge is 0.513 e. The number of carbonyl (C=O) groups is 3. The van der Waals surface area contributed by atoms with E-state index in [0.29, 0.717) is 24.3 Å². The topological polar surface area (TPSA) is 103 Å². The lowest BCUT2D eigenvalue weighted by Crippen LogP contribution is -2.31. The van der Waals surface area contributed by atoms with Crippen molar-refractivity contribution in [1.29, 1.82) is 0 Å². The van der Waals surface area contributed by atoms with Crippen LogP contribution in [0.2, 0.25) is 0 Å². The van der Waals surface area contributed by atoms with E-state index >= 15 is 0 Å².